The van der Waals surface area contributed by atoms with Crippen molar-refractivity contribution in [3.63, 3.8) is 0 Å². The molecule has 4 rings (SSSR count). The number of aryl methyl sites for hydroxylation is 1. The minimum Gasteiger partial charge on any atom is -0.477 e. The summed E-state index contributed by atoms with van der Waals surface area (Å²) >= 11 is 0. The van der Waals surface area contributed by atoms with E-state index < -0.39 is 17.3 Å². The Morgan fingerprint density at radius 3 is 2.79 bits per heavy atom. The molecule has 0 spiro atoms. The Hall–Kier alpha value is -2.45. The molecule has 1 saturated heterocycles. The number of anilines is 1. The fraction of sp³-hybridized carbons (Fsp3) is 0.524. The van der Waals surface area contributed by atoms with Crippen molar-refractivity contribution in [2.45, 2.75) is 38.1 Å². The molecular weight excluding hydrogens is 377 g/mol. The lowest BCUT2D eigenvalue weighted by Gasteiger charge is -2.24. The molecule has 1 aliphatic carbocycles. The number of hydrogen-bond donors (Lipinski definition) is 2. The first-order valence-corrected chi connectivity index (χ1v) is 10.0. The molecule has 8 heteroatoms. The van der Waals surface area contributed by atoms with Gasteiger partial charge in [-0.3, -0.25) is 9.20 Å². The van der Waals surface area contributed by atoms with Crippen LogP contribution in [0.15, 0.2) is 17.1 Å². The molecule has 1 atom stereocenters. The van der Waals surface area contributed by atoms with Crippen molar-refractivity contribution < 1.29 is 19.0 Å². The first kappa shape index (κ1) is 19.8. The van der Waals surface area contributed by atoms with Crippen LogP contribution in [0, 0.1) is 12.7 Å². The number of methoxy groups -OCH3 is 1. The highest BCUT2D eigenvalue weighted by Crippen LogP contribution is 2.44. The highest BCUT2D eigenvalue weighted by Gasteiger charge is 2.32. The molecule has 1 saturated carbocycles. The van der Waals surface area contributed by atoms with Crippen LogP contribution < -0.4 is 15.8 Å². The zero-order valence-electron chi connectivity index (χ0n) is 16.7. The first-order chi connectivity index (χ1) is 13.9. The monoisotopic (exact) mass is 403 g/mol. The second-order valence-electron chi connectivity index (χ2n) is 7.95. The summed E-state index contributed by atoms with van der Waals surface area (Å²) < 4.78 is 21.4. The summed E-state index contributed by atoms with van der Waals surface area (Å²) in [6, 6.07) is 1.74. The Morgan fingerprint density at radius 1 is 1.38 bits per heavy atom. The quantitative estimate of drug-likeness (QED) is 0.690. The molecule has 156 valence electrons. The van der Waals surface area contributed by atoms with E-state index in [2.05, 4.69) is 5.32 Å². The number of aromatic carboxylic acids is 1. The highest BCUT2D eigenvalue weighted by molar-refractivity contribution is 5.89. The number of halogens is 1. The molecule has 2 aromatic heterocycles. The molecule has 1 aliphatic heterocycles. The van der Waals surface area contributed by atoms with E-state index in [1.807, 2.05) is 11.8 Å². The molecule has 29 heavy (non-hydrogen) atoms. The third-order valence-corrected chi connectivity index (χ3v) is 5.93. The molecule has 0 bridgehead atoms. The van der Waals surface area contributed by atoms with Crippen molar-refractivity contribution in [3.8, 4) is 0 Å². The third kappa shape index (κ3) is 3.62. The zero-order chi connectivity index (χ0) is 20.7. The lowest BCUT2D eigenvalue weighted by Crippen LogP contribution is -2.35. The molecular formula is C21H26FN3O4. The van der Waals surface area contributed by atoms with E-state index in [1.54, 1.807) is 7.11 Å². The Kier molecular flexibility index (Phi) is 5.31. The van der Waals surface area contributed by atoms with E-state index in [0.29, 0.717) is 29.9 Å². The lowest BCUT2D eigenvalue weighted by molar-refractivity contribution is 0.0694. The molecule has 0 amide bonds. The fourth-order valence-corrected chi connectivity index (χ4v) is 4.38. The number of nitrogens with one attached hydrogen (secondary N) is 1. The van der Waals surface area contributed by atoms with Crippen molar-refractivity contribution in [2.75, 3.05) is 38.3 Å². The normalized spacial score (nSPS) is 19.3. The Bertz CT molecular complexity index is 1020. The van der Waals surface area contributed by atoms with E-state index in [4.69, 9.17) is 4.74 Å². The van der Waals surface area contributed by atoms with Gasteiger partial charge in [-0.15, -0.1) is 0 Å². The van der Waals surface area contributed by atoms with Gasteiger partial charge in [0.15, 0.2) is 5.82 Å². The Balaban J connectivity index is 1.77. The molecule has 0 radical (unpaired) electrons. The van der Waals surface area contributed by atoms with Crippen molar-refractivity contribution in [1.29, 1.82) is 0 Å². The molecule has 2 N–H and O–H groups in total. The number of carboxylic acid groups (broad SMARTS) is 1. The van der Waals surface area contributed by atoms with E-state index in [-0.39, 0.29) is 17.5 Å². The minimum atomic E-state index is -1.28. The third-order valence-electron chi connectivity index (χ3n) is 5.93. The van der Waals surface area contributed by atoms with E-state index in [9.17, 15) is 14.7 Å². The number of fused-ring (bicyclic) bond motifs is 1. The number of rotatable bonds is 7. The van der Waals surface area contributed by atoms with E-state index >= 15 is 4.39 Å². The predicted octanol–water partition coefficient (Wildman–Crippen LogP) is 2.14. The lowest BCUT2D eigenvalue weighted by atomic mass is 10.0. The predicted molar refractivity (Wildman–Crippen MR) is 108 cm³/mol. The van der Waals surface area contributed by atoms with Gasteiger partial charge in [0.25, 0.3) is 5.56 Å². The smallest absolute Gasteiger partial charge is 0.341 e. The summed E-state index contributed by atoms with van der Waals surface area (Å²) in [5.41, 5.74) is 1.68. The van der Waals surface area contributed by atoms with Crippen LogP contribution in [0.4, 0.5) is 10.1 Å². The average molecular weight is 403 g/mol. The number of carboxylic acids is 1. The van der Waals surface area contributed by atoms with Crippen molar-refractivity contribution in [1.82, 2.24) is 9.72 Å². The first-order valence-electron chi connectivity index (χ1n) is 10.0. The average Bonchev–Trinajstić information content (AvgIpc) is 3.42. The summed E-state index contributed by atoms with van der Waals surface area (Å²) in [7, 11) is 1.66. The summed E-state index contributed by atoms with van der Waals surface area (Å²) in [5, 5.41) is 12.8. The largest absolute Gasteiger partial charge is 0.477 e. The highest BCUT2D eigenvalue weighted by atomic mass is 19.1. The molecule has 7 nitrogen and oxygen atoms in total. The number of ether oxygens (including phenoxy) is 1. The fourth-order valence-electron chi connectivity index (χ4n) is 4.38. The summed E-state index contributed by atoms with van der Waals surface area (Å²) in [6.45, 7) is 4.58. The number of aromatic nitrogens is 1. The summed E-state index contributed by atoms with van der Waals surface area (Å²) in [4.78, 5) is 26.2. The molecule has 0 aromatic carbocycles. The molecule has 3 heterocycles. The SMILES string of the molecule is COCCN[C@H]1CCN(c2c(F)cn3c(=O)c(C(=O)O)cc(C4CC4)c3c2C)C1. The maximum Gasteiger partial charge on any atom is 0.341 e. The van der Waals surface area contributed by atoms with Crippen LogP contribution >= 0.6 is 0 Å². The van der Waals surface area contributed by atoms with E-state index in [0.717, 1.165) is 44.1 Å². The maximum atomic E-state index is 15.1. The molecule has 2 fully saturated rings. The van der Waals surface area contributed by atoms with Gasteiger partial charge in [-0.05, 0) is 49.3 Å². The van der Waals surface area contributed by atoms with Gasteiger partial charge in [0.05, 0.1) is 24.0 Å². The van der Waals surface area contributed by atoms with E-state index in [1.165, 1.54) is 10.5 Å². The van der Waals surface area contributed by atoms with Gasteiger partial charge >= 0.3 is 5.97 Å². The van der Waals surface area contributed by atoms with Gasteiger partial charge in [0, 0.05) is 32.8 Å². The van der Waals surface area contributed by atoms with Crippen molar-refractivity contribution in [3.05, 3.63) is 45.1 Å². The van der Waals surface area contributed by atoms with Crippen molar-refractivity contribution >= 4 is 17.2 Å². The molecule has 0 unspecified atom stereocenters. The number of pyridine rings is 2. The van der Waals surface area contributed by atoms with Crippen LogP contribution in [0.3, 0.4) is 0 Å². The second-order valence-corrected chi connectivity index (χ2v) is 7.95. The van der Waals surface area contributed by atoms with Crippen LogP contribution in [0.5, 0.6) is 0 Å². The second kappa shape index (κ2) is 7.76. The maximum absolute atomic E-state index is 15.1. The van der Waals surface area contributed by atoms with Crippen LogP contribution in [0.25, 0.3) is 5.52 Å². The van der Waals surface area contributed by atoms with Crippen LogP contribution in [0.1, 0.15) is 46.7 Å². The van der Waals surface area contributed by atoms with Gasteiger partial charge in [0.2, 0.25) is 0 Å². The van der Waals surface area contributed by atoms with Crippen LogP contribution in [-0.4, -0.2) is 54.9 Å². The van der Waals surface area contributed by atoms with Gasteiger partial charge in [-0.25, -0.2) is 9.18 Å². The standard InChI is InChI=1S/C21H26FN3O4/c1-12-18-15(13-3-4-13)9-16(21(27)28)20(26)25(18)11-17(22)19(12)24-7-5-14(10-24)23-6-8-29-2/h9,11,13-14,23H,3-8,10H2,1-2H3,(H,27,28)/t14-/m0/s1. The van der Waals surface area contributed by atoms with Gasteiger partial charge in [-0.2, -0.15) is 0 Å². The Labute approximate surface area is 168 Å². The number of nitrogens with zero attached hydrogens (tertiary/aromatic N) is 2. The van der Waals surface area contributed by atoms with Gasteiger partial charge in [0.1, 0.15) is 5.56 Å². The molecule has 2 aromatic rings. The molecule has 2 aliphatic rings. The van der Waals surface area contributed by atoms with Gasteiger partial charge in [-0.1, -0.05) is 0 Å². The minimum absolute atomic E-state index is 0.225. The summed E-state index contributed by atoms with van der Waals surface area (Å²) in [5.74, 6) is -1.56. The number of carbonyl (C=O) groups is 1. The van der Waals surface area contributed by atoms with Gasteiger partial charge < -0.3 is 20.1 Å². The summed E-state index contributed by atoms with van der Waals surface area (Å²) in [6.07, 6.45) is 3.96. The topological polar surface area (TPSA) is 83.3 Å². The number of hydrogen-bond acceptors (Lipinski definition) is 5. The Morgan fingerprint density at radius 2 is 2.14 bits per heavy atom. The van der Waals surface area contributed by atoms with Crippen LogP contribution in [0.2, 0.25) is 0 Å². The zero-order valence-corrected chi connectivity index (χ0v) is 16.7. The van der Waals surface area contributed by atoms with Crippen LogP contribution in [-0.2, 0) is 4.74 Å². The van der Waals surface area contributed by atoms with Crippen molar-refractivity contribution in [2.24, 2.45) is 0 Å².